The molecule has 0 N–H and O–H groups in total. The Hall–Kier alpha value is -3.06. The summed E-state index contributed by atoms with van der Waals surface area (Å²) in [6, 6.07) is 14.0. The summed E-state index contributed by atoms with van der Waals surface area (Å²) in [7, 11) is 1.61. The highest BCUT2D eigenvalue weighted by Crippen LogP contribution is 2.41. The standard InChI is InChI=1S/C23H23FN4O2/c1-30-19-8-4-17(5-9-19)20-21(29)28-13-11-23(22(28)26-25-20)10-12-27(15-23)14-16-2-6-18(24)7-3-16/h2-9H,10-15H2,1H3/t23-/m0/s1. The van der Waals surface area contributed by atoms with Crippen LogP contribution in [0.3, 0.4) is 0 Å². The zero-order valence-electron chi connectivity index (χ0n) is 16.8. The fourth-order valence-corrected chi connectivity index (χ4v) is 4.71. The van der Waals surface area contributed by atoms with Crippen LogP contribution in [0.25, 0.3) is 11.3 Å². The van der Waals surface area contributed by atoms with Gasteiger partial charge in [0.2, 0.25) is 0 Å². The predicted molar refractivity (Wildman–Crippen MR) is 111 cm³/mol. The second kappa shape index (κ2) is 7.32. The van der Waals surface area contributed by atoms with E-state index in [4.69, 9.17) is 4.74 Å². The zero-order valence-corrected chi connectivity index (χ0v) is 16.8. The minimum Gasteiger partial charge on any atom is -0.497 e. The summed E-state index contributed by atoms with van der Waals surface area (Å²) in [5.41, 5.74) is 1.99. The van der Waals surface area contributed by atoms with Crippen molar-refractivity contribution in [1.29, 1.82) is 0 Å². The van der Waals surface area contributed by atoms with Crippen LogP contribution in [0.5, 0.6) is 5.75 Å². The van der Waals surface area contributed by atoms with Crippen molar-refractivity contribution in [2.24, 2.45) is 0 Å². The van der Waals surface area contributed by atoms with Gasteiger partial charge in [-0.3, -0.25) is 14.3 Å². The van der Waals surface area contributed by atoms with Crippen LogP contribution < -0.4 is 10.3 Å². The topological polar surface area (TPSA) is 60.3 Å². The van der Waals surface area contributed by atoms with E-state index >= 15 is 0 Å². The first-order valence-corrected chi connectivity index (χ1v) is 10.2. The van der Waals surface area contributed by atoms with E-state index in [2.05, 4.69) is 15.1 Å². The van der Waals surface area contributed by atoms with Crippen molar-refractivity contribution < 1.29 is 9.13 Å². The molecule has 154 valence electrons. The van der Waals surface area contributed by atoms with E-state index in [1.807, 2.05) is 36.4 Å². The fourth-order valence-electron chi connectivity index (χ4n) is 4.71. The Balaban J connectivity index is 1.40. The molecular formula is C23H23FN4O2. The maximum Gasteiger partial charge on any atom is 0.280 e. The summed E-state index contributed by atoms with van der Waals surface area (Å²) >= 11 is 0. The van der Waals surface area contributed by atoms with Crippen molar-refractivity contribution >= 4 is 0 Å². The number of methoxy groups -OCH3 is 1. The van der Waals surface area contributed by atoms with E-state index in [1.54, 1.807) is 11.7 Å². The van der Waals surface area contributed by atoms with Gasteiger partial charge in [-0.05, 0) is 61.3 Å². The Morgan fingerprint density at radius 1 is 1.03 bits per heavy atom. The van der Waals surface area contributed by atoms with Gasteiger partial charge in [0.15, 0.2) is 5.69 Å². The van der Waals surface area contributed by atoms with Crippen molar-refractivity contribution in [3.63, 3.8) is 0 Å². The predicted octanol–water partition coefficient (Wildman–Crippen LogP) is 3.00. The lowest BCUT2D eigenvalue weighted by atomic mass is 9.85. The molecule has 1 aromatic heterocycles. The Morgan fingerprint density at radius 2 is 1.77 bits per heavy atom. The van der Waals surface area contributed by atoms with E-state index in [1.165, 1.54) is 12.1 Å². The van der Waals surface area contributed by atoms with Crippen LogP contribution in [-0.2, 0) is 18.5 Å². The molecule has 0 saturated carbocycles. The summed E-state index contributed by atoms with van der Waals surface area (Å²) in [6.07, 6.45) is 1.84. The molecule has 0 amide bonds. The second-order valence-corrected chi connectivity index (χ2v) is 8.17. The van der Waals surface area contributed by atoms with Crippen LogP contribution in [0.2, 0.25) is 0 Å². The quantitative estimate of drug-likeness (QED) is 0.667. The van der Waals surface area contributed by atoms with E-state index in [-0.39, 0.29) is 16.8 Å². The van der Waals surface area contributed by atoms with Gasteiger partial charge in [0.05, 0.1) is 7.11 Å². The Labute approximate surface area is 173 Å². The lowest BCUT2D eigenvalue weighted by molar-refractivity contribution is 0.299. The number of benzene rings is 2. The number of fused-ring (bicyclic) bond motifs is 2. The monoisotopic (exact) mass is 406 g/mol. The number of ether oxygens (including phenoxy) is 1. The summed E-state index contributed by atoms with van der Waals surface area (Å²) < 4.78 is 20.2. The molecule has 7 heteroatoms. The highest BCUT2D eigenvalue weighted by Gasteiger charge is 2.46. The molecule has 30 heavy (non-hydrogen) atoms. The summed E-state index contributed by atoms with van der Waals surface area (Å²) in [5, 5.41) is 8.86. The SMILES string of the molecule is COc1ccc(-c2nnc3n(c2=O)CC[C@]32CCN(Cc3ccc(F)cc3)C2)cc1. The molecule has 0 aliphatic carbocycles. The lowest BCUT2D eigenvalue weighted by Gasteiger charge is -2.23. The molecule has 0 radical (unpaired) electrons. The number of hydrogen-bond acceptors (Lipinski definition) is 5. The maximum atomic E-state index is 13.2. The van der Waals surface area contributed by atoms with Crippen LogP contribution in [0.4, 0.5) is 4.39 Å². The molecule has 6 nitrogen and oxygen atoms in total. The molecule has 1 saturated heterocycles. The molecule has 1 spiro atoms. The minimum atomic E-state index is -0.219. The molecule has 0 bridgehead atoms. The third kappa shape index (κ3) is 3.19. The Bertz CT molecular complexity index is 1130. The first-order chi connectivity index (χ1) is 14.6. The van der Waals surface area contributed by atoms with Gasteiger partial charge in [0.1, 0.15) is 17.4 Å². The van der Waals surface area contributed by atoms with Gasteiger partial charge >= 0.3 is 0 Å². The van der Waals surface area contributed by atoms with Gasteiger partial charge in [0, 0.05) is 30.6 Å². The molecule has 3 heterocycles. The van der Waals surface area contributed by atoms with Crippen molar-refractivity contribution in [2.45, 2.75) is 31.3 Å². The first kappa shape index (κ1) is 18.9. The summed E-state index contributed by atoms with van der Waals surface area (Å²) in [4.78, 5) is 15.5. The maximum absolute atomic E-state index is 13.2. The average molecular weight is 406 g/mol. The Morgan fingerprint density at radius 3 is 2.50 bits per heavy atom. The normalized spacial score (nSPS) is 20.6. The average Bonchev–Trinajstić information content (AvgIpc) is 3.35. The molecule has 1 fully saturated rings. The van der Waals surface area contributed by atoms with Crippen LogP contribution in [0, 0.1) is 5.82 Å². The molecular weight excluding hydrogens is 383 g/mol. The first-order valence-electron chi connectivity index (χ1n) is 10.2. The van der Waals surface area contributed by atoms with Crippen LogP contribution >= 0.6 is 0 Å². The molecule has 2 aromatic carbocycles. The molecule has 0 unspecified atom stereocenters. The molecule has 2 aliphatic heterocycles. The van der Waals surface area contributed by atoms with Gasteiger partial charge < -0.3 is 4.74 Å². The number of halogens is 1. The molecule has 5 rings (SSSR count). The Kier molecular flexibility index (Phi) is 4.62. The van der Waals surface area contributed by atoms with Gasteiger partial charge in [-0.2, -0.15) is 0 Å². The van der Waals surface area contributed by atoms with E-state index < -0.39 is 0 Å². The fraction of sp³-hybridized carbons (Fsp3) is 0.348. The van der Waals surface area contributed by atoms with Crippen LogP contribution in [0.15, 0.2) is 53.3 Å². The van der Waals surface area contributed by atoms with E-state index in [0.717, 1.165) is 55.2 Å². The summed E-state index contributed by atoms with van der Waals surface area (Å²) in [5.74, 6) is 1.31. The number of rotatable bonds is 4. The zero-order chi connectivity index (χ0) is 20.7. The number of nitrogens with zero attached hydrogens (tertiary/aromatic N) is 4. The molecule has 1 atom stereocenters. The van der Waals surface area contributed by atoms with Gasteiger partial charge in [0.25, 0.3) is 5.56 Å². The van der Waals surface area contributed by atoms with Gasteiger partial charge in [-0.1, -0.05) is 12.1 Å². The van der Waals surface area contributed by atoms with Gasteiger partial charge in [-0.25, -0.2) is 4.39 Å². The second-order valence-electron chi connectivity index (χ2n) is 8.17. The number of likely N-dealkylation sites (tertiary alicyclic amines) is 1. The highest BCUT2D eigenvalue weighted by atomic mass is 19.1. The van der Waals surface area contributed by atoms with Gasteiger partial charge in [-0.15, -0.1) is 10.2 Å². The van der Waals surface area contributed by atoms with Crippen molar-refractivity contribution in [2.75, 3.05) is 20.2 Å². The number of hydrogen-bond donors (Lipinski definition) is 0. The molecule has 2 aliphatic rings. The minimum absolute atomic E-state index is 0.0842. The van der Waals surface area contributed by atoms with E-state index in [9.17, 15) is 9.18 Å². The molecule has 3 aromatic rings. The summed E-state index contributed by atoms with van der Waals surface area (Å²) in [6.45, 7) is 3.19. The van der Waals surface area contributed by atoms with Crippen LogP contribution in [-0.4, -0.2) is 39.9 Å². The smallest absolute Gasteiger partial charge is 0.280 e. The van der Waals surface area contributed by atoms with Crippen molar-refractivity contribution in [3.8, 4) is 17.0 Å². The van der Waals surface area contributed by atoms with Crippen LogP contribution in [0.1, 0.15) is 24.2 Å². The third-order valence-corrected chi connectivity index (χ3v) is 6.35. The van der Waals surface area contributed by atoms with E-state index in [0.29, 0.717) is 12.2 Å². The lowest BCUT2D eigenvalue weighted by Crippen LogP contribution is -2.33. The largest absolute Gasteiger partial charge is 0.497 e. The highest BCUT2D eigenvalue weighted by molar-refractivity contribution is 5.58. The number of aromatic nitrogens is 3. The third-order valence-electron chi connectivity index (χ3n) is 6.35. The van der Waals surface area contributed by atoms with Crippen molar-refractivity contribution in [1.82, 2.24) is 19.7 Å². The van der Waals surface area contributed by atoms with Crippen molar-refractivity contribution in [3.05, 3.63) is 76.1 Å².